The van der Waals surface area contributed by atoms with E-state index in [0.29, 0.717) is 17.9 Å². The maximum absolute atomic E-state index is 13.5. The lowest BCUT2D eigenvalue weighted by Gasteiger charge is -2.11. The first-order valence-electron chi connectivity index (χ1n) is 10.6. The molecule has 0 aliphatic carbocycles. The average molecular weight is 458 g/mol. The molecule has 5 aromatic rings. The molecule has 0 fully saturated rings. The van der Waals surface area contributed by atoms with E-state index in [9.17, 15) is 8.42 Å². The molecule has 0 atom stereocenters. The van der Waals surface area contributed by atoms with Gasteiger partial charge in [-0.1, -0.05) is 64.9 Å². The van der Waals surface area contributed by atoms with Gasteiger partial charge in [0.05, 0.1) is 10.4 Å². The predicted molar refractivity (Wildman–Crippen MR) is 128 cm³/mol. The molecule has 5 rings (SSSR count). The zero-order chi connectivity index (χ0) is 23.2. The highest BCUT2D eigenvalue weighted by Gasteiger charge is 2.28. The summed E-state index contributed by atoms with van der Waals surface area (Å²) in [5.41, 5.74) is 4.86. The van der Waals surface area contributed by atoms with Crippen molar-refractivity contribution in [2.45, 2.75) is 37.2 Å². The number of sulfone groups is 1. The van der Waals surface area contributed by atoms with Crippen LogP contribution in [-0.4, -0.2) is 28.2 Å². The van der Waals surface area contributed by atoms with Crippen molar-refractivity contribution < 1.29 is 8.42 Å². The zero-order valence-electron chi connectivity index (χ0n) is 18.6. The molecule has 0 aliphatic rings. The minimum atomic E-state index is -3.91. The van der Waals surface area contributed by atoms with E-state index in [-0.39, 0.29) is 15.6 Å². The Morgan fingerprint density at radius 3 is 2.39 bits per heavy atom. The van der Waals surface area contributed by atoms with Crippen LogP contribution in [0.3, 0.4) is 0 Å². The van der Waals surface area contributed by atoms with Gasteiger partial charge < -0.3 is 5.32 Å². The van der Waals surface area contributed by atoms with Crippen LogP contribution >= 0.6 is 0 Å². The van der Waals surface area contributed by atoms with Crippen molar-refractivity contribution in [2.24, 2.45) is 0 Å². The van der Waals surface area contributed by atoms with Gasteiger partial charge in [-0.25, -0.2) is 13.4 Å². The van der Waals surface area contributed by atoms with Gasteiger partial charge in [0, 0.05) is 11.9 Å². The first kappa shape index (κ1) is 21.1. The highest BCUT2D eigenvalue weighted by molar-refractivity contribution is 7.91. The molecule has 2 heterocycles. The first-order valence-corrected chi connectivity index (χ1v) is 12.1. The summed E-state index contributed by atoms with van der Waals surface area (Å²) in [6.07, 6.45) is 0. The van der Waals surface area contributed by atoms with Gasteiger partial charge in [-0.3, -0.25) is 0 Å². The lowest BCUT2D eigenvalue weighted by molar-refractivity contribution is 0.592. The quantitative estimate of drug-likeness (QED) is 0.413. The molecule has 0 spiro atoms. The van der Waals surface area contributed by atoms with Crippen molar-refractivity contribution in [1.29, 1.82) is 0 Å². The third kappa shape index (κ3) is 3.72. The Kier molecular flexibility index (Phi) is 5.09. The van der Waals surface area contributed by atoms with Crippen LogP contribution in [0.2, 0.25) is 0 Å². The van der Waals surface area contributed by atoms with E-state index >= 15 is 0 Å². The summed E-state index contributed by atoms with van der Waals surface area (Å²) in [4.78, 5) is 4.89. The van der Waals surface area contributed by atoms with E-state index in [2.05, 4.69) is 44.9 Å². The molecule has 1 N–H and O–H groups in total. The van der Waals surface area contributed by atoms with E-state index in [0.717, 1.165) is 22.0 Å². The van der Waals surface area contributed by atoms with E-state index in [1.54, 1.807) is 19.1 Å². The van der Waals surface area contributed by atoms with Gasteiger partial charge in [-0.15, -0.1) is 5.10 Å². The van der Waals surface area contributed by atoms with Gasteiger partial charge >= 0.3 is 0 Å². The third-order valence-corrected chi connectivity index (χ3v) is 7.49. The molecule has 0 unspecified atom stereocenters. The molecule has 0 bridgehead atoms. The van der Waals surface area contributed by atoms with Crippen LogP contribution in [0.15, 0.2) is 76.7 Å². The number of aryl methyl sites for hydroxylation is 3. The van der Waals surface area contributed by atoms with Crippen LogP contribution < -0.4 is 5.32 Å². The molecule has 8 heteroatoms. The molecule has 0 amide bonds. The van der Waals surface area contributed by atoms with Crippen molar-refractivity contribution in [1.82, 2.24) is 19.8 Å². The number of hydrogen-bond acceptors (Lipinski definition) is 6. The van der Waals surface area contributed by atoms with E-state index in [1.807, 2.05) is 44.2 Å². The SMILES string of the molecule is Cc1ccc(CNc2nc3c(S(=O)(=O)c4ccc(C)cc4C)nnn3c3ccccc23)cc1. The van der Waals surface area contributed by atoms with Crippen molar-refractivity contribution in [3.8, 4) is 0 Å². The number of nitrogens with one attached hydrogen (secondary N) is 1. The number of nitrogens with zero attached hydrogens (tertiary/aromatic N) is 4. The minimum absolute atomic E-state index is 0.154. The van der Waals surface area contributed by atoms with Crippen molar-refractivity contribution in [2.75, 3.05) is 5.32 Å². The molecule has 166 valence electrons. The van der Waals surface area contributed by atoms with Gasteiger partial charge in [0.1, 0.15) is 5.82 Å². The second kappa shape index (κ2) is 7.97. The number of anilines is 1. The summed E-state index contributed by atoms with van der Waals surface area (Å²) >= 11 is 0. The number of hydrogen-bond donors (Lipinski definition) is 1. The fourth-order valence-electron chi connectivity index (χ4n) is 3.95. The minimum Gasteiger partial charge on any atom is -0.365 e. The molecule has 33 heavy (non-hydrogen) atoms. The van der Waals surface area contributed by atoms with E-state index in [1.165, 1.54) is 10.1 Å². The lowest BCUT2D eigenvalue weighted by Crippen LogP contribution is -2.08. The van der Waals surface area contributed by atoms with Gasteiger partial charge in [0.2, 0.25) is 14.9 Å². The first-order chi connectivity index (χ1) is 15.8. The fourth-order valence-corrected chi connectivity index (χ4v) is 5.41. The maximum atomic E-state index is 13.5. The van der Waals surface area contributed by atoms with E-state index < -0.39 is 9.84 Å². The topological polar surface area (TPSA) is 89.2 Å². The van der Waals surface area contributed by atoms with Crippen LogP contribution in [0.4, 0.5) is 5.82 Å². The Morgan fingerprint density at radius 1 is 0.909 bits per heavy atom. The van der Waals surface area contributed by atoms with Gasteiger partial charge in [-0.05, 0) is 50.1 Å². The highest BCUT2D eigenvalue weighted by atomic mass is 32.2. The number of para-hydroxylation sites is 1. The average Bonchev–Trinajstić information content (AvgIpc) is 3.23. The van der Waals surface area contributed by atoms with Crippen LogP contribution in [0, 0.1) is 20.8 Å². The van der Waals surface area contributed by atoms with Gasteiger partial charge in [0.25, 0.3) is 0 Å². The Labute approximate surface area is 192 Å². The third-order valence-electron chi connectivity index (χ3n) is 5.68. The Hall–Kier alpha value is -3.78. The lowest BCUT2D eigenvalue weighted by atomic mass is 10.1. The summed E-state index contributed by atoms with van der Waals surface area (Å²) in [5, 5.41) is 12.3. The van der Waals surface area contributed by atoms with E-state index in [4.69, 9.17) is 0 Å². The summed E-state index contributed by atoms with van der Waals surface area (Å²) < 4.78 is 28.5. The van der Waals surface area contributed by atoms with Crippen LogP contribution in [0.25, 0.3) is 16.6 Å². The molecular formula is C25H23N5O2S. The molecule has 0 saturated carbocycles. The molecule has 3 aromatic carbocycles. The Balaban J connectivity index is 1.66. The number of fused-ring (bicyclic) bond motifs is 3. The summed E-state index contributed by atoms with van der Waals surface area (Å²) in [6.45, 7) is 6.30. The molecular weight excluding hydrogens is 434 g/mol. The van der Waals surface area contributed by atoms with Gasteiger partial charge in [-0.2, -0.15) is 4.52 Å². The van der Waals surface area contributed by atoms with Crippen LogP contribution in [0.5, 0.6) is 0 Å². The second-order valence-electron chi connectivity index (χ2n) is 8.22. The molecule has 0 radical (unpaired) electrons. The monoisotopic (exact) mass is 457 g/mol. The summed E-state index contributed by atoms with van der Waals surface area (Å²) in [5.74, 6) is 0.582. The van der Waals surface area contributed by atoms with Crippen LogP contribution in [0.1, 0.15) is 22.3 Å². The molecule has 2 aromatic heterocycles. The van der Waals surface area contributed by atoms with Crippen molar-refractivity contribution in [3.05, 3.63) is 89.0 Å². The summed E-state index contributed by atoms with van der Waals surface area (Å²) in [7, 11) is -3.91. The largest absolute Gasteiger partial charge is 0.365 e. The van der Waals surface area contributed by atoms with Gasteiger partial charge in [0.15, 0.2) is 5.65 Å². The number of benzene rings is 3. The summed E-state index contributed by atoms with van der Waals surface area (Å²) in [6, 6.07) is 21.1. The Bertz CT molecular complexity index is 1610. The maximum Gasteiger partial charge on any atom is 0.229 e. The zero-order valence-corrected chi connectivity index (χ0v) is 19.4. The highest BCUT2D eigenvalue weighted by Crippen LogP contribution is 2.29. The number of rotatable bonds is 5. The standard InChI is InChI=1S/C25H23N5O2S/c1-16-8-11-19(12-9-16)15-26-23-20-6-4-5-7-21(20)30-24(27-23)25(28-29-30)33(31,32)22-13-10-17(2)14-18(22)3/h4-14H,15H2,1-3H3,(H,26,27). The molecule has 0 saturated heterocycles. The normalized spacial score (nSPS) is 11.8. The second-order valence-corrected chi connectivity index (χ2v) is 10.1. The number of aromatic nitrogens is 4. The van der Waals surface area contributed by atoms with Crippen LogP contribution in [-0.2, 0) is 16.4 Å². The van der Waals surface area contributed by atoms with Crippen molar-refractivity contribution >= 4 is 32.2 Å². The fraction of sp³-hybridized carbons (Fsp3) is 0.160. The molecule has 0 aliphatic heterocycles. The van der Waals surface area contributed by atoms with Crippen molar-refractivity contribution in [3.63, 3.8) is 0 Å². The Morgan fingerprint density at radius 2 is 1.64 bits per heavy atom. The predicted octanol–water partition coefficient (Wildman–Crippen LogP) is 4.65. The smallest absolute Gasteiger partial charge is 0.229 e. The molecule has 7 nitrogen and oxygen atoms in total.